The molecule has 0 N–H and O–H groups in total. The van der Waals surface area contributed by atoms with Gasteiger partial charge in [0, 0.05) is 6.07 Å². The Hall–Kier alpha value is -0.930. The third-order valence-electron chi connectivity index (χ3n) is 3.87. The zero-order valence-electron chi connectivity index (χ0n) is 13.3. The molecule has 4 heteroatoms. The van der Waals surface area contributed by atoms with Crippen molar-refractivity contribution in [2.45, 2.75) is 58.7 Å². The standard InChI is InChI=1S/C17H25ClO3/c1-5-14-17(21-14)8-11(4)12-9-13(18)16(20-7-3)10-15(12)19-6-2/h9-11,14,17H,5-8H2,1-4H3. The molecule has 1 aromatic carbocycles. The molecule has 3 atom stereocenters. The average molecular weight is 313 g/mol. The largest absolute Gasteiger partial charge is 0.493 e. The number of epoxide rings is 1. The van der Waals surface area contributed by atoms with Gasteiger partial charge in [0.1, 0.15) is 11.5 Å². The molecule has 1 heterocycles. The highest BCUT2D eigenvalue weighted by molar-refractivity contribution is 6.32. The second-order valence-corrected chi connectivity index (χ2v) is 5.85. The van der Waals surface area contributed by atoms with E-state index in [-0.39, 0.29) is 0 Å². The molecule has 1 aliphatic rings. The Bertz CT molecular complexity index is 475. The summed E-state index contributed by atoms with van der Waals surface area (Å²) in [5.41, 5.74) is 1.13. The van der Waals surface area contributed by atoms with Gasteiger partial charge in [0.05, 0.1) is 30.4 Å². The Morgan fingerprint density at radius 1 is 1.10 bits per heavy atom. The summed E-state index contributed by atoms with van der Waals surface area (Å²) in [6.45, 7) is 9.51. The molecule has 0 saturated carbocycles. The Kier molecular flexibility index (Phi) is 5.77. The number of rotatable bonds is 8. The van der Waals surface area contributed by atoms with Crippen LogP contribution in [-0.4, -0.2) is 25.4 Å². The Morgan fingerprint density at radius 2 is 1.76 bits per heavy atom. The van der Waals surface area contributed by atoms with Crippen LogP contribution in [0.25, 0.3) is 0 Å². The second-order valence-electron chi connectivity index (χ2n) is 5.44. The van der Waals surface area contributed by atoms with E-state index in [0.29, 0.717) is 42.1 Å². The molecule has 0 aromatic heterocycles. The summed E-state index contributed by atoms with van der Waals surface area (Å²) < 4.78 is 17.0. The smallest absolute Gasteiger partial charge is 0.141 e. The Labute approximate surface area is 132 Å². The fourth-order valence-corrected chi connectivity index (χ4v) is 2.93. The summed E-state index contributed by atoms with van der Waals surface area (Å²) >= 11 is 6.32. The van der Waals surface area contributed by atoms with E-state index >= 15 is 0 Å². The minimum atomic E-state index is 0.348. The molecule has 2 rings (SSSR count). The summed E-state index contributed by atoms with van der Waals surface area (Å²) in [5.74, 6) is 1.90. The summed E-state index contributed by atoms with van der Waals surface area (Å²) in [6, 6.07) is 3.89. The van der Waals surface area contributed by atoms with Crippen LogP contribution in [0.1, 0.15) is 52.0 Å². The van der Waals surface area contributed by atoms with Gasteiger partial charge in [0.2, 0.25) is 0 Å². The number of hydrogen-bond acceptors (Lipinski definition) is 3. The van der Waals surface area contributed by atoms with Crippen molar-refractivity contribution in [3.05, 3.63) is 22.7 Å². The first kappa shape index (κ1) is 16.4. The van der Waals surface area contributed by atoms with E-state index < -0.39 is 0 Å². The van der Waals surface area contributed by atoms with Crippen LogP contribution < -0.4 is 9.47 Å². The van der Waals surface area contributed by atoms with Crippen molar-refractivity contribution in [3.63, 3.8) is 0 Å². The van der Waals surface area contributed by atoms with Crippen LogP contribution >= 0.6 is 11.6 Å². The predicted octanol–water partition coefficient (Wildman–Crippen LogP) is 4.81. The predicted molar refractivity (Wildman–Crippen MR) is 85.8 cm³/mol. The van der Waals surface area contributed by atoms with Crippen molar-refractivity contribution in [2.24, 2.45) is 0 Å². The normalized spacial score (nSPS) is 22.0. The lowest BCUT2D eigenvalue weighted by Gasteiger charge is -2.18. The van der Waals surface area contributed by atoms with Gasteiger partial charge in [-0.2, -0.15) is 0 Å². The van der Waals surface area contributed by atoms with Crippen LogP contribution in [0.5, 0.6) is 11.5 Å². The molecule has 1 aromatic rings. The van der Waals surface area contributed by atoms with Crippen LogP contribution in [-0.2, 0) is 4.74 Å². The van der Waals surface area contributed by atoms with Crippen molar-refractivity contribution in [2.75, 3.05) is 13.2 Å². The number of hydrogen-bond donors (Lipinski definition) is 0. The summed E-state index contributed by atoms with van der Waals surface area (Å²) in [7, 11) is 0. The van der Waals surface area contributed by atoms with Gasteiger partial charge < -0.3 is 14.2 Å². The van der Waals surface area contributed by atoms with Gasteiger partial charge in [-0.3, -0.25) is 0 Å². The SMILES string of the molecule is CCOc1cc(OCC)c(C(C)CC2OC2CC)cc1Cl. The van der Waals surface area contributed by atoms with Gasteiger partial charge in [-0.15, -0.1) is 0 Å². The summed E-state index contributed by atoms with van der Waals surface area (Å²) in [5, 5.41) is 0.644. The van der Waals surface area contributed by atoms with E-state index in [9.17, 15) is 0 Å². The first-order chi connectivity index (χ1) is 10.1. The summed E-state index contributed by atoms with van der Waals surface area (Å²) in [6.07, 6.45) is 2.90. The molecular formula is C17H25ClO3. The molecule has 3 nitrogen and oxygen atoms in total. The van der Waals surface area contributed by atoms with Crippen molar-refractivity contribution >= 4 is 11.6 Å². The van der Waals surface area contributed by atoms with E-state index in [1.54, 1.807) is 0 Å². The first-order valence-electron chi connectivity index (χ1n) is 7.85. The van der Waals surface area contributed by atoms with Crippen molar-refractivity contribution in [1.29, 1.82) is 0 Å². The van der Waals surface area contributed by atoms with Crippen LogP contribution in [0.2, 0.25) is 5.02 Å². The van der Waals surface area contributed by atoms with E-state index in [2.05, 4.69) is 13.8 Å². The third kappa shape index (κ3) is 4.04. The lowest BCUT2D eigenvalue weighted by molar-refractivity contribution is 0.317. The van der Waals surface area contributed by atoms with E-state index in [0.717, 1.165) is 24.2 Å². The molecule has 0 bridgehead atoms. The molecular weight excluding hydrogens is 288 g/mol. The molecule has 1 aliphatic heterocycles. The molecule has 21 heavy (non-hydrogen) atoms. The zero-order valence-corrected chi connectivity index (χ0v) is 14.1. The maximum Gasteiger partial charge on any atom is 0.141 e. The van der Waals surface area contributed by atoms with Crippen molar-refractivity contribution in [3.8, 4) is 11.5 Å². The molecule has 118 valence electrons. The lowest BCUT2D eigenvalue weighted by atomic mass is 9.94. The van der Waals surface area contributed by atoms with E-state index in [1.165, 1.54) is 0 Å². The minimum absolute atomic E-state index is 0.348. The molecule has 3 unspecified atom stereocenters. The molecule has 0 radical (unpaired) electrons. The average Bonchev–Trinajstić information content (AvgIpc) is 3.20. The van der Waals surface area contributed by atoms with Crippen LogP contribution in [0, 0.1) is 0 Å². The molecule has 0 spiro atoms. The second kappa shape index (κ2) is 7.37. The van der Waals surface area contributed by atoms with Crippen LogP contribution in [0.15, 0.2) is 12.1 Å². The van der Waals surface area contributed by atoms with Crippen LogP contribution in [0.4, 0.5) is 0 Å². The fraction of sp³-hybridized carbons (Fsp3) is 0.647. The van der Waals surface area contributed by atoms with E-state index in [4.69, 9.17) is 25.8 Å². The van der Waals surface area contributed by atoms with Gasteiger partial charge in [0.15, 0.2) is 0 Å². The van der Waals surface area contributed by atoms with Gasteiger partial charge in [-0.1, -0.05) is 25.4 Å². The summed E-state index contributed by atoms with van der Waals surface area (Å²) in [4.78, 5) is 0. The maximum atomic E-state index is 6.32. The van der Waals surface area contributed by atoms with Gasteiger partial charge >= 0.3 is 0 Å². The fourth-order valence-electron chi connectivity index (χ4n) is 2.70. The number of ether oxygens (including phenoxy) is 3. The van der Waals surface area contributed by atoms with Gasteiger partial charge in [-0.05, 0) is 44.2 Å². The monoisotopic (exact) mass is 312 g/mol. The molecule has 0 aliphatic carbocycles. The maximum absolute atomic E-state index is 6.32. The lowest BCUT2D eigenvalue weighted by Crippen LogP contribution is -2.05. The third-order valence-corrected chi connectivity index (χ3v) is 4.17. The first-order valence-corrected chi connectivity index (χ1v) is 8.22. The number of halogens is 1. The van der Waals surface area contributed by atoms with Gasteiger partial charge in [0.25, 0.3) is 0 Å². The highest BCUT2D eigenvalue weighted by atomic mass is 35.5. The minimum Gasteiger partial charge on any atom is -0.493 e. The number of benzene rings is 1. The Morgan fingerprint density at radius 3 is 2.33 bits per heavy atom. The highest BCUT2D eigenvalue weighted by Gasteiger charge is 2.38. The van der Waals surface area contributed by atoms with Crippen molar-refractivity contribution < 1.29 is 14.2 Å². The van der Waals surface area contributed by atoms with Crippen molar-refractivity contribution in [1.82, 2.24) is 0 Å². The molecule has 0 amide bonds. The van der Waals surface area contributed by atoms with Crippen LogP contribution in [0.3, 0.4) is 0 Å². The molecule has 1 fully saturated rings. The quantitative estimate of drug-likeness (QED) is 0.645. The van der Waals surface area contributed by atoms with Gasteiger partial charge in [-0.25, -0.2) is 0 Å². The Balaban J connectivity index is 2.17. The zero-order chi connectivity index (χ0) is 15.4. The van der Waals surface area contributed by atoms with E-state index in [1.807, 2.05) is 26.0 Å². The highest BCUT2D eigenvalue weighted by Crippen LogP contribution is 2.41. The topological polar surface area (TPSA) is 31.0 Å². The molecule has 1 saturated heterocycles.